The van der Waals surface area contributed by atoms with Crippen molar-refractivity contribution in [3.8, 4) is 5.75 Å². The molecule has 0 aliphatic rings. The first-order valence-electron chi connectivity index (χ1n) is 5.01. The zero-order valence-corrected chi connectivity index (χ0v) is 10.4. The first kappa shape index (κ1) is 13.7. The van der Waals surface area contributed by atoms with Crippen molar-refractivity contribution >= 4 is 32.3 Å². The van der Waals surface area contributed by atoms with E-state index in [1.54, 1.807) is 0 Å². The zero-order valence-electron chi connectivity index (χ0n) is 9.55. The Morgan fingerprint density at radius 1 is 1.25 bits per heavy atom. The standard InChI is InChI=1S/C10H5N3O6S/c11-12-10-6-2-1-5(13(15)16)3-7(6)9(4-8(10)14)20(17,18)19/h1-4H,(H-,14,17,18,19). The van der Waals surface area contributed by atoms with E-state index in [2.05, 4.69) is 4.98 Å². The summed E-state index contributed by atoms with van der Waals surface area (Å²) in [5.74, 6) is -0.733. The quantitative estimate of drug-likeness (QED) is 0.384. The second-order valence-electron chi connectivity index (χ2n) is 3.78. The van der Waals surface area contributed by atoms with Crippen LogP contribution in [-0.2, 0) is 10.1 Å². The molecule has 102 valence electrons. The van der Waals surface area contributed by atoms with Gasteiger partial charge in [-0.15, -0.1) is 0 Å². The summed E-state index contributed by atoms with van der Waals surface area (Å²) in [7, 11) is -4.98. The highest BCUT2D eigenvalue weighted by molar-refractivity contribution is 7.86. The van der Waals surface area contributed by atoms with E-state index >= 15 is 0 Å². The van der Waals surface area contributed by atoms with E-state index in [9.17, 15) is 28.2 Å². The maximum absolute atomic E-state index is 11.2. The monoisotopic (exact) mass is 295 g/mol. The summed E-state index contributed by atoms with van der Waals surface area (Å²) in [5.41, 5.74) is -0.834. The van der Waals surface area contributed by atoms with E-state index in [1.165, 1.54) is 0 Å². The van der Waals surface area contributed by atoms with Gasteiger partial charge >= 0.3 is 5.69 Å². The van der Waals surface area contributed by atoms with Gasteiger partial charge in [-0.3, -0.25) is 10.1 Å². The Morgan fingerprint density at radius 3 is 2.40 bits per heavy atom. The molecule has 0 fully saturated rings. The number of aromatic hydroxyl groups is 1. The van der Waals surface area contributed by atoms with E-state index in [0.29, 0.717) is 6.07 Å². The van der Waals surface area contributed by atoms with Crippen LogP contribution in [0.1, 0.15) is 0 Å². The first-order valence-corrected chi connectivity index (χ1v) is 6.41. The lowest BCUT2D eigenvalue weighted by molar-refractivity contribution is -0.384. The molecule has 0 bridgehead atoms. The van der Waals surface area contributed by atoms with Gasteiger partial charge in [0.25, 0.3) is 5.69 Å². The van der Waals surface area contributed by atoms with Crippen LogP contribution < -0.4 is 0 Å². The summed E-state index contributed by atoms with van der Waals surface area (Å²) in [6.07, 6.45) is 0. The number of nitro groups is 1. The molecule has 2 aromatic carbocycles. The molecule has 9 nitrogen and oxygen atoms in total. The maximum atomic E-state index is 11.2. The van der Waals surface area contributed by atoms with Gasteiger partial charge in [-0.05, 0) is 6.07 Å². The molecular weight excluding hydrogens is 290 g/mol. The van der Waals surface area contributed by atoms with Gasteiger partial charge in [0.15, 0.2) is 4.98 Å². The molecular formula is C10H5N3O6S. The number of hydrogen-bond acceptors (Lipinski definition) is 7. The molecule has 0 aliphatic carbocycles. The van der Waals surface area contributed by atoms with Crippen LogP contribution in [0.3, 0.4) is 0 Å². The highest BCUT2D eigenvalue weighted by atomic mass is 32.2. The predicted molar refractivity (Wildman–Crippen MR) is 65.0 cm³/mol. The van der Waals surface area contributed by atoms with Crippen molar-refractivity contribution in [1.82, 2.24) is 0 Å². The number of hydrogen-bond donors (Lipinski definition) is 1. The van der Waals surface area contributed by atoms with Gasteiger partial charge in [-0.1, -0.05) is 0 Å². The second kappa shape index (κ2) is 4.41. The van der Waals surface area contributed by atoms with E-state index in [4.69, 9.17) is 5.39 Å². The largest absolute Gasteiger partial charge is 0.744 e. The van der Waals surface area contributed by atoms with Crippen molar-refractivity contribution < 1.29 is 23.0 Å². The number of phenolic OH excluding ortho intramolecular Hbond substituents is 1. The van der Waals surface area contributed by atoms with Crippen LogP contribution in [0.5, 0.6) is 5.75 Å². The number of rotatable bonds is 2. The molecule has 0 saturated heterocycles. The van der Waals surface area contributed by atoms with E-state index in [1.807, 2.05) is 0 Å². The average Bonchev–Trinajstić information content (AvgIpc) is 2.36. The number of phenols is 1. The molecule has 20 heavy (non-hydrogen) atoms. The molecule has 10 heteroatoms. The summed E-state index contributed by atoms with van der Waals surface area (Å²) in [5, 5.41) is 28.6. The molecule has 0 aliphatic heterocycles. The summed E-state index contributed by atoms with van der Waals surface area (Å²) < 4.78 is 33.5. The fourth-order valence-corrected chi connectivity index (χ4v) is 2.47. The maximum Gasteiger partial charge on any atom is 0.433 e. The Bertz CT molecular complexity index is 884. The molecule has 0 aromatic heterocycles. The number of diazo groups is 1. The van der Waals surface area contributed by atoms with Crippen molar-refractivity contribution in [3.05, 3.63) is 39.4 Å². The van der Waals surface area contributed by atoms with Gasteiger partial charge in [-0.2, -0.15) is 0 Å². The molecule has 0 radical (unpaired) electrons. The van der Waals surface area contributed by atoms with Crippen molar-refractivity contribution in [3.63, 3.8) is 0 Å². The second-order valence-corrected chi connectivity index (χ2v) is 5.13. The molecule has 0 saturated carbocycles. The SMILES string of the molecule is N#[N+]c1c(O)cc(S(=O)(=O)[O-])c2cc([N+](=O)[O-])ccc12. The van der Waals surface area contributed by atoms with Crippen LogP contribution in [-0.4, -0.2) is 23.0 Å². The Morgan fingerprint density at radius 2 is 1.90 bits per heavy atom. The van der Waals surface area contributed by atoms with Crippen LogP contribution in [0.4, 0.5) is 11.4 Å². The summed E-state index contributed by atoms with van der Waals surface area (Å²) >= 11 is 0. The molecule has 0 unspecified atom stereocenters. The molecule has 0 spiro atoms. The van der Waals surface area contributed by atoms with Crippen LogP contribution >= 0.6 is 0 Å². The zero-order chi connectivity index (χ0) is 15.1. The third-order valence-electron chi connectivity index (χ3n) is 2.61. The number of benzene rings is 2. The van der Waals surface area contributed by atoms with Crippen LogP contribution in [0.2, 0.25) is 0 Å². The van der Waals surface area contributed by atoms with Gasteiger partial charge in [0.1, 0.15) is 10.1 Å². The molecule has 0 heterocycles. The predicted octanol–water partition coefficient (Wildman–Crippen LogP) is 1.84. The Hall–Kier alpha value is -2.77. The van der Waals surface area contributed by atoms with Crippen LogP contribution in [0.25, 0.3) is 15.7 Å². The third kappa shape index (κ3) is 2.11. The fourth-order valence-electron chi connectivity index (χ4n) is 1.78. The van der Waals surface area contributed by atoms with Crippen molar-refractivity contribution in [1.29, 1.82) is 5.39 Å². The van der Waals surface area contributed by atoms with Crippen molar-refractivity contribution in [2.45, 2.75) is 4.90 Å². The van der Waals surface area contributed by atoms with E-state index in [-0.39, 0.29) is 16.5 Å². The minimum Gasteiger partial charge on any atom is -0.744 e. The summed E-state index contributed by atoms with van der Waals surface area (Å²) in [6.45, 7) is 0. The first-order chi connectivity index (χ1) is 9.25. The van der Waals surface area contributed by atoms with Gasteiger partial charge in [0.05, 0.1) is 15.2 Å². The topological polar surface area (TPSA) is 149 Å². The minimum atomic E-state index is -4.98. The Balaban J connectivity index is 3.04. The molecule has 0 atom stereocenters. The number of nitrogens with zero attached hydrogens (tertiary/aromatic N) is 3. The normalized spacial score (nSPS) is 11.2. The number of fused-ring (bicyclic) bond motifs is 1. The van der Waals surface area contributed by atoms with Gasteiger partial charge < -0.3 is 9.66 Å². The van der Waals surface area contributed by atoms with Crippen LogP contribution in [0.15, 0.2) is 29.2 Å². The number of nitro benzene ring substituents is 1. The summed E-state index contributed by atoms with van der Waals surface area (Å²) in [4.78, 5) is 11.9. The van der Waals surface area contributed by atoms with Gasteiger partial charge in [0, 0.05) is 23.6 Å². The minimum absolute atomic E-state index is 0.104. The smallest absolute Gasteiger partial charge is 0.433 e. The lowest BCUT2D eigenvalue weighted by Gasteiger charge is -2.09. The van der Waals surface area contributed by atoms with E-state index < -0.39 is 31.4 Å². The lowest BCUT2D eigenvalue weighted by atomic mass is 10.1. The molecule has 2 aromatic rings. The molecule has 1 N–H and O–H groups in total. The fraction of sp³-hybridized carbons (Fsp3) is 0. The van der Waals surface area contributed by atoms with Crippen LogP contribution in [0, 0.1) is 15.5 Å². The lowest BCUT2D eigenvalue weighted by Crippen LogP contribution is -2.00. The number of non-ortho nitro benzene ring substituents is 1. The highest BCUT2D eigenvalue weighted by Gasteiger charge is 2.25. The Labute approximate surface area is 111 Å². The van der Waals surface area contributed by atoms with Gasteiger partial charge in [0.2, 0.25) is 11.1 Å². The highest BCUT2D eigenvalue weighted by Crippen LogP contribution is 2.40. The molecule has 2 rings (SSSR count). The average molecular weight is 295 g/mol. The van der Waals surface area contributed by atoms with Crippen molar-refractivity contribution in [2.24, 2.45) is 0 Å². The molecule has 0 amide bonds. The van der Waals surface area contributed by atoms with Gasteiger partial charge in [-0.25, -0.2) is 8.42 Å². The summed E-state index contributed by atoms with van der Waals surface area (Å²) in [6, 6.07) is 3.55. The third-order valence-corrected chi connectivity index (χ3v) is 3.49. The Kier molecular flexibility index (Phi) is 3.01. The van der Waals surface area contributed by atoms with E-state index in [0.717, 1.165) is 18.2 Å². The van der Waals surface area contributed by atoms with Crippen molar-refractivity contribution in [2.75, 3.05) is 0 Å².